The molecule has 0 spiro atoms. The van der Waals surface area contributed by atoms with Crippen LogP contribution in [-0.4, -0.2) is 72.4 Å². The number of aromatic nitrogens is 3. The molecule has 0 radical (unpaired) electrons. The summed E-state index contributed by atoms with van der Waals surface area (Å²) in [6.07, 6.45) is 0. The van der Waals surface area contributed by atoms with E-state index in [0.29, 0.717) is 29.6 Å². The molecule has 3 rings (SSSR count). The van der Waals surface area contributed by atoms with E-state index in [4.69, 9.17) is 4.52 Å². The molecule has 19 nitrogen and oxygen atoms in total. The van der Waals surface area contributed by atoms with Gasteiger partial charge in [-0.3, -0.25) is 0 Å². The van der Waals surface area contributed by atoms with Gasteiger partial charge in [0.05, 0.1) is 37.3 Å². The van der Waals surface area contributed by atoms with Crippen LogP contribution < -0.4 is 99.5 Å². The molecule has 0 atom stereocenters. The fourth-order valence-electron chi connectivity index (χ4n) is 2.73. The van der Waals surface area contributed by atoms with Gasteiger partial charge in [-0.15, -0.1) is 19.6 Å². The van der Waals surface area contributed by atoms with Crippen LogP contribution in [0.25, 0.3) is 0 Å². The number of aryl methyl sites for hydroxylation is 1. The van der Waals surface area contributed by atoms with Gasteiger partial charge in [-0.25, -0.2) is 30.7 Å². The van der Waals surface area contributed by atoms with Crippen molar-refractivity contribution in [3.8, 4) is 11.3 Å². The van der Waals surface area contributed by atoms with Crippen LogP contribution in [0, 0.1) is 18.2 Å². The standard InChI is InChI=1S/C18H19N7O12S5.3Na/c1-11-17(21-20-15-10-16(35-24-15)38-5-6-40(26,27)28)18(19-2)25(22-11)3-4-39-37-36-23-12-7-13(41(29,30)31)9-14(8-12)42(32,33)34;;;/h7-10,19,23H,5-6H2,1-2H3,(H,26,27,28)(H,29,30,31)(H,32,33,34);;;/q;3*+1/p-3. The van der Waals surface area contributed by atoms with Crippen LogP contribution in [0.4, 0.5) is 23.0 Å². The van der Waals surface area contributed by atoms with Crippen molar-refractivity contribution in [1.29, 1.82) is 0 Å². The van der Waals surface area contributed by atoms with E-state index < -0.39 is 51.6 Å². The second-order valence-electron chi connectivity index (χ2n) is 7.41. The molecule has 3 aromatic rings. The van der Waals surface area contributed by atoms with E-state index in [9.17, 15) is 38.9 Å². The van der Waals surface area contributed by atoms with Gasteiger partial charge in [0.2, 0.25) is 5.82 Å². The Morgan fingerprint density at radius 1 is 1.00 bits per heavy atom. The number of azo groups is 1. The monoisotopic (exact) mass is 751 g/mol. The van der Waals surface area contributed by atoms with Gasteiger partial charge in [-0.1, -0.05) is 16.9 Å². The van der Waals surface area contributed by atoms with Gasteiger partial charge < -0.3 is 23.5 Å². The number of rotatable bonds is 13. The first-order chi connectivity index (χ1) is 19.6. The summed E-state index contributed by atoms with van der Waals surface area (Å²) in [6.45, 7) is 1.62. The Morgan fingerprint density at radius 2 is 1.62 bits per heavy atom. The van der Waals surface area contributed by atoms with E-state index in [1.165, 1.54) is 10.7 Å². The maximum Gasteiger partial charge on any atom is 1.00 e. The second-order valence-corrected chi connectivity index (χ2v) is 13.3. The minimum absolute atomic E-state index is 0. The fraction of sp³-hybridized carbons (Fsp3) is 0.222. The molecule has 2 aromatic heterocycles. The zero-order valence-corrected chi connectivity index (χ0v) is 34.0. The van der Waals surface area contributed by atoms with E-state index in [-0.39, 0.29) is 111 Å². The molecular weight excluding hydrogens is 736 g/mol. The summed E-state index contributed by atoms with van der Waals surface area (Å²) in [5, 5.41) is 21.4. The predicted molar refractivity (Wildman–Crippen MR) is 141 cm³/mol. The van der Waals surface area contributed by atoms with Crippen molar-refractivity contribution in [3.05, 3.63) is 30.0 Å². The van der Waals surface area contributed by atoms with Crippen molar-refractivity contribution < 1.29 is 141 Å². The number of hydrogen-bond acceptors (Lipinski definition) is 20. The van der Waals surface area contributed by atoms with Gasteiger partial charge in [0.15, 0.2) is 16.6 Å². The average Bonchev–Trinajstić information content (AvgIpc) is 3.45. The van der Waals surface area contributed by atoms with Crippen LogP contribution in [-0.2, 0) is 39.7 Å². The first-order valence-corrected chi connectivity index (χ1v) is 16.7. The number of anilines is 2. The molecule has 228 valence electrons. The first kappa shape index (κ1) is 44.8. The molecule has 0 aliphatic rings. The summed E-state index contributed by atoms with van der Waals surface area (Å²) in [5.41, 5.74) is 2.31. The molecule has 0 aliphatic heterocycles. The van der Waals surface area contributed by atoms with Crippen LogP contribution in [0.1, 0.15) is 5.69 Å². The van der Waals surface area contributed by atoms with E-state index >= 15 is 0 Å². The third-order valence-electron chi connectivity index (χ3n) is 4.45. The van der Waals surface area contributed by atoms with Gasteiger partial charge in [0.25, 0.3) is 0 Å². The van der Waals surface area contributed by atoms with Crippen LogP contribution in [0.15, 0.2) is 53.9 Å². The second kappa shape index (κ2) is 19.7. The van der Waals surface area contributed by atoms with Crippen LogP contribution in [0.5, 0.6) is 0 Å². The number of thioether (sulfide) groups is 1. The molecular formula is C18H16N7Na3O12S5. The van der Waals surface area contributed by atoms with Crippen LogP contribution in [0.3, 0.4) is 0 Å². The molecule has 0 aliphatic carbocycles. The Hall–Kier alpha value is -0.250. The van der Waals surface area contributed by atoms with E-state index in [1.807, 2.05) is 5.48 Å². The summed E-state index contributed by atoms with van der Waals surface area (Å²) < 4.78 is 110. The normalized spacial score (nSPS) is 11.5. The Balaban J connectivity index is 0.00000645. The molecule has 27 heteroatoms. The van der Waals surface area contributed by atoms with Gasteiger partial charge >= 0.3 is 88.7 Å². The Kier molecular flexibility index (Phi) is 19.6. The van der Waals surface area contributed by atoms with Crippen molar-refractivity contribution in [2.45, 2.75) is 21.8 Å². The van der Waals surface area contributed by atoms with Crippen molar-refractivity contribution in [2.24, 2.45) is 10.2 Å². The molecule has 2 N–H and O–H groups in total. The molecule has 0 amide bonds. The average molecular weight is 752 g/mol. The molecule has 0 fully saturated rings. The Bertz CT molecular complexity index is 1820. The minimum Gasteiger partial charge on any atom is -0.748 e. The van der Waals surface area contributed by atoms with Gasteiger partial charge in [0.1, 0.15) is 32.3 Å². The summed E-state index contributed by atoms with van der Waals surface area (Å²) in [7, 11) is -13.0. The summed E-state index contributed by atoms with van der Waals surface area (Å²) >= 11 is 1.37. The number of nitrogens with one attached hydrogen (secondary N) is 2. The number of nitrogens with zero attached hydrogens (tertiary/aromatic N) is 5. The van der Waals surface area contributed by atoms with Gasteiger partial charge in [0, 0.05) is 29.9 Å². The smallest absolute Gasteiger partial charge is 0.748 e. The van der Waals surface area contributed by atoms with Crippen LogP contribution in [0.2, 0.25) is 0 Å². The van der Waals surface area contributed by atoms with Crippen molar-refractivity contribution in [3.63, 3.8) is 0 Å². The van der Waals surface area contributed by atoms with Crippen LogP contribution >= 0.6 is 23.8 Å². The number of benzene rings is 1. The van der Waals surface area contributed by atoms with E-state index in [2.05, 4.69) is 46.4 Å². The third kappa shape index (κ3) is 14.8. The SMILES string of the molecule is CNc1c(N=Nc2cc(SCCS(=O)(=O)[O-])on2)c(C)nn1C#CSOONc1cc(S(=O)(=O)[O-])cc(S(=O)(=O)[O-])c1.[Na+].[Na+].[Na+]. The van der Waals surface area contributed by atoms with E-state index in [1.54, 1.807) is 14.0 Å². The summed E-state index contributed by atoms with van der Waals surface area (Å²) in [4.78, 5) is 2.60. The fourth-order valence-corrected chi connectivity index (χ4v) is 5.75. The van der Waals surface area contributed by atoms with Gasteiger partial charge in [-0.05, 0) is 25.1 Å². The summed E-state index contributed by atoms with van der Waals surface area (Å²) in [6, 6.07) is 5.83. The Labute approximate surface area is 332 Å². The van der Waals surface area contributed by atoms with Crippen molar-refractivity contribution in [1.82, 2.24) is 14.9 Å². The number of hydrogen-bond donors (Lipinski definition) is 2. The predicted octanol–water partition coefficient (Wildman–Crippen LogP) is -7.52. The molecule has 2 heterocycles. The molecule has 0 unspecified atom stereocenters. The molecule has 0 bridgehead atoms. The molecule has 1 aromatic carbocycles. The maximum absolute atomic E-state index is 11.2. The third-order valence-corrected chi connectivity index (χ3v) is 8.23. The molecule has 45 heavy (non-hydrogen) atoms. The molecule has 0 saturated heterocycles. The zero-order chi connectivity index (χ0) is 31.1. The largest absolute Gasteiger partial charge is 1.00 e. The zero-order valence-electron chi connectivity index (χ0n) is 23.9. The van der Waals surface area contributed by atoms with Crippen molar-refractivity contribution >= 4 is 77.2 Å². The van der Waals surface area contributed by atoms with E-state index in [0.717, 1.165) is 23.9 Å². The summed E-state index contributed by atoms with van der Waals surface area (Å²) in [5.74, 6) is -0.232. The topological polar surface area (TPSA) is 283 Å². The minimum atomic E-state index is -5.10. The van der Waals surface area contributed by atoms with Gasteiger partial charge in [-0.2, -0.15) is 9.78 Å². The Morgan fingerprint density at radius 3 is 2.18 bits per heavy atom. The maximum atomic E-state index is 11.2. The first-order valence-electron chi connectivity index (χ1n) is 10.6. The quantitative estimate of drug-likeness (QED) is 0.0189. The van der Waals surface area contributed by atoms with Crippen molar-refractivity contribution in [2.75, 3.05) is 29.4 Å². The molecule has 0 saturated carbocycles.